The van der Waals surface area contributed by atoms with E-state index in [1.165, 1.54) is 12.4 Å². The molecule has 0 aliphatic carbocycles. The Balaban J connectivity index is 1.50. The lowest BCUT2D eigenvalue weighted by atomic mass is 10.1. The van der Waals surface area contributed by atoms with Crippen LogP contribution in [0.1, 0.15) is 42.2 Å². The average Bonchev–Trinajstić information content (AvgIpc) is 3.01. The Labute approximate surface area is 250 Å². The Bertz CT molecular complexity index is 1540. The van der Waals surface area contributed by atoms with Crippen LogP contribution >= 0.6 is 0 Å². The van der Waals surface area contributed by atoms with Crippen molar-refractivity contribution in [3.63, 3.8) is 0 Å². The molecule has 0 aliphatic heterocycles. The first-order valence-corrected chi connectivity index (χ1v) is 13.4. The number of nitrogens with zero attached hydrogens (tertiary/aromatic N) is 4. The second kappa shape index (κ2) is 14.2. The lowest BCUT2D eigenvalue weighted by Gasteiger charge is -2.12. The van der Waals surface area contributed by atoms with Crippen LogP contribution in [0.15, 0.2) is 107 Å². The summed E-state index contributed by atoms with van der Waals surface area (Å²) in [4.78, 5) is 41.8. The summed E-state index contributed by atoms with van der Waals surface area (Å²) < 4.78 is 0. The van der Waals surface area contributed by atoms with Crippen molar-refractivity contribution in [2.75, 3.05) is 43.3 Å². The standard InChI is InChI=1S/C33H33N7O3/c1-39(2)29-14-10-26(11-15-29)32(42)37-34-21-23-18-24(20-28(19-23)36-31(41)25-8-6-5-7-9-25)22-35-38-33(43)27-12-16-30(17-13-27)40(3)4/h5-22H,1-4H3,(H,36,41)(H,37,42)(H,38,43). The molecule has 0 radical (unpaired) electrons. The minimum atomic E-state index is -0.363. The van der Waals surface area contributed by atoms with Gasteiger partial charge in [0, 0.05) is 61.9 Å². The lowest BCUT2D eigenvalue weighted by molar-refractivity contribution is 0.0947. The molecule has 218 valence electrons. The number of carbonyl (C=O) groups is 3. The Morgan fingerprint density at radius 3 is 1.40 bits per heavy atom. The first-order valence-electron chi connectivity index (χ1n) is 13.4. The van der Waals surface area contributed by atoms with Crippen molar-refractivity contribution in [1.29, 1.82) is 0 Å². The number of hydrogen-bond acceptors (Lipinski definition) is 7. The maximum atomic E-state index is 12.8. The average molecular weight is 576 g/mol. The molecule has 4 aromatic carbocycles. The number of hydrogen-bond donors (Lipinski definition) is 3. The fourth-order valence-electron chi connectivity index (χ4n) is 3.97. The molecule has 0 heterocycles. The van der Waals surface area contributed by atoms with E-state index in [2.05, 4.69) is 26.4 Å². The minimum absolute atomic E-state index is 0.290. The van der Waals surface area contributed by atoms with E-state index in [1.54, 1.807) is 66.7 Å². The number of benzene rings is 4. The highest BCUT2D eigenvalue weighted by Crippen LogP contribution is 2.16. The van der Waals surface area contributed by atoms with Crippen LogP contribution in [-0.4, -0.2) is 58.3 Å². The van der Waals surface area contributed by atoms with E-state index in [9.17, 15) is 14.4 Å². The fourth-order valence-corrected chi connectivity index (χ4v) is 3.97. The van der Waals surface area contributed by atoms with Gasteiger partial charge in [0.25, 0.3) is 17.7 Å². The molecule has 0 fully saturated rings. The fraction of sp³-hybridized carbons (Fsp3) is 0.121. The van der Waals surface area contributed by atoms with Crippen LogP contribution in [0.4, 0.5) is 17.1 Å². The Kier molecular flexibility index (Phi) is 9.99. The van der Waals surface area contributed by atoms with Crippen LogP contribution in [0.5, 0.6) is 0 Å². The van der Waals surface area contributed by atoms with E-state index >= 15 is 0 Å². The summed E-state index contributed by atoms with van der Waals surface area (Å²) in [6.45, 7) is 0. The molecule has 43 heavy (non-hydrogen) atoms. The highest BCUT2D eigenvalue weighted by atomic mass is 16.2. The van der Waals surface area contributed by atoms with Gasteiger partial charge in [-0.05, 0) is 90.0 Å². The number of anilines is 3. The summed E-state index contributed by atoms with van der Waals surface area (Å²) in [5.74, 6) is -1.02. The van der Waals surface area contributed by atoms with Gasteiger partial charge in [-0.1, -0.05) is 18.2 Å². The van der Waals surface area contributed by atoms with Gasteiger partial charge >= 0.3 is 0 Å². The molecule has 3 N–H and O–H groups in total. The largest absolute Gasteiger partial charge is 0.378 e. The monoisotopic (exact) mass is 575 g/mol. The summed E-state index contributed by atoms with van der Waals surface area (Å²) >= 11 is 0. The molecular formula is C33H33N7O3. The van der Waals surface area contributed by atoms with Crippen molar-refractivity contribution in [3.8, 4) is 0 Å². The highest BCUT2D eigenvalue weighted by molar-refractivity contribution is 6.05. The molecular weight excluding hydrogens is 542 g/mol. The predicted octanol–water partition coefficient (Wildman–Crippen LogP) is 4.60. The molecule has 0 atom stereocenters. The summed E-state index contributed by atoms with van der Waals surface area (Å²) in [7, 11) is 7.69. The maximum absolute atomic E-state index is 12.8. The van der Waals surface area contributed by atoms with E-state index in [0.717, 1.165) is 11.4 Å². The van der Waals surface area contributed by atoms with Gasteiger partial charge in [0.15, 0.2) is 0 Å². The third-order valence-electron chi connectivity index (χ3n) is 6.32. The molecule has 10 heteroatoms. The molecule has 3 amide bonds. The number of carbonyl (C=O) groups excluding carboxylic acids is 3. The lowest BCUT2D eigenvalue weighted by Crippen LogP contribution is -2.18. The summed E-state index contributed by atoms with van der Waals surface area (Å²) in [6.07, 6.45) is 2.93. The zero-order valence-corrected chi connectivity index (χ0v) is 24.4. The topological polar surface area (TPSA) is 118 Å². The van der Waals surface area contributed by atoms with Crippen LogP contribution in [-0.2, 0) is 0 Å². The summed E-state index contributed by atoms with van der Waals surface area (Å²) in [5, 5.41) is 11.1. The minimum Gasteiger partial charge on any atom is -0.378 e. The van der Waals surface area contributed by atoms with Gasteiger partial charge in [-0.15, -0.1) is 0 Å². The van der Waals surface area contributed by atoms with Crippen LogP contribution in [0.2, 0.25) is 0 Å². The van der Waals surface area contributed by atoms with Gasteiger partial charge in [0.05, 0.1) is 12.4 Å². The molecule has 0 aliphatic rings. The van der Waals surface area contributed by atoms with Crippen LogP contribution in [0, 0.1) is 0 Å². The Morgan fingerprint density at radius 1 is 0.558 bits per heavy atom. The van der Waals surface area contributed by atoms with Gasteiger partial charge in [-0.3, -0.25) is 14.4 Å². The zero-order chi connectivity index (χ0) is 30.8. The first-order chi connectivity index (χ1) is 20.7. The second-order valence-corrected chi connectivity index (χ2v) is 9.99. The Hall–Kier alpha value is -5.77. The third-order valence-corrected chi connectivity index (χ3v) is 6.32. The normalized spacial score (nSPS) is 10.9. The van der Waals surface area contributed by atoms with Crippen LogP contribution < -0.4 is 26.0 Å². The molecule has 0 spiro atoms. The second-order valence-electron chi connectivity index (χ2n) is 9.99. The molecule has 0 aromatic heterocycles. The summed E-state index contributed by atoms with van der Waals surface area (Å²) in [5.41, 5.74) is 10.1. The molecule has 10 nitrogen and oxygen atoms in total. The molecule has 4 aromatic rings. The predicted molar refractivity (Wildman–Crippen MR) is 172 cm³/mol. The van der Waals surface area contributed by atoms with E-state index in [1.807, 2.05) is 68.3 Å². The van der Waals surface area contributed by atoms with Crippen molar-refractivity contribution in [2.45, 2.75) is 0 Å². The zero-order valence-electron chi connectivity index (χ0n) is 24.4. The van der Waals surface area contributed by atoms with E-state index in [4.69, 9.17) is 0 Å². The van der Waals surface area contributed by atoms with Crippen molar-refractivity contribution in [3.05, 3.63) is 125 Å². The molecule has 0 bridgehead atoms. The number of rotatable bonds is 10. The van der Waals surface area contributed by atoms with Crippen molar-refractivity contribution in [2.24, 2.45) is 10.2 Å². The van der Waals surface area contributed by atoms with Gasteiger partial charge in [0.1, 0.15) is 0 Å². The van der Waals surface area contributed by atoms with Gasteiger partial charge in [-0.2, -0.15) is 10.2 Å². The van der Waals surface area contributed by atoms with Crippen molar-refractivity contribution < 1.29 is 14.4 Å². The quantitative estimate of drug-likeness (QED) is 0.189. The SMILES string of the molecule is CN(C)c1ccc(C(=O)NN=Cc2cc(C=NNC(=O)c3ccc(N(C)C)cc3)cc(NC(=O)c3ccccc3)c2)cc1. The highest BCUT2D eigenvalue weighted by Gasteiger charge is 2.09. The third kappa shape index (κ3) is 8.61. The van der Waals surface area contributed by atoms with Crippen molar-refractivity contribution >= 4 is 47.2 Å². The van der Waals surface area contributed by atoms with E-state index < -0.39 is 0 Å². The van der Waals surface area contributed by atoms with E-state index in [0.29, 0.717) is 33.5 Å². The molecule has 0 unspecified atom stereocenters. The molecule has 0 saturated carbocycles. The van der Waals surface area contributed by atoms with Gasteiger partial charge in [-0.25, -0.2) is 10.9 Å². The first kappa shape index (κ1) is 30.2. The van der Waals surface area contributed by atoms with Gasteiger partial charge < -0.3 is 15.1 Å². The number of amides is 3. The maximum Gasteiger partial charge on any atom is 0.271 e. The Morgan fingerprint density at radius 2 is 0.977 bits per heavy atom. The van der Waals surface area contributed by atoms with Crippen LogP contribution in [0.3, 0.4) is 0 Å². The van der Waals surface area contributed by atoms with Crippen molar-refractivity contribution in [1.82, 2.24) is 10.9 Å². The molecule has 0 saturated heterocycles. The van der Waals surface area contributed by atoms with E-state index in [-0.39, 0.29) is 17.7 Å². The number of hydrazone groups is 2. The smallest absolute Gasteiger partial charge is 0.271 e. The number of nitrogens with one attached hydrogen (secondary N) is 3. The van der Waals surface area contributed by atoms with Crippen LogP contribution in [0.25, 0.3) is 0 Å². The van der Waals surface area contributed by atoms with Gasteiger partial charge in [0.2, 0.25) is 0 Å². The summed E-state index contributed by atoms with van der Waals surface area (Å²) in [6, 6.07) is 28.3. The molecule has 4 rings (SSSR count).